The van der Waals surface area contributed by atoms with Crippen LogP contribution in [0.25, 0.3) is 0 Å². The van der Waals surface area contributed by atoms with Crippen LogP contribution in [0.4, 0.5) is 4.39 Å². The van der Waals surface area contributed by atoms with Gasteiger partial charge in [0.1, 0.15) is 17.7 Å². The predicted molar refractivity (Wildman–Crippen MR) is 96.0 cm³/mol. The van der Waals surface area contributed by atoms with E-state index >= 15 is 0 Å². The Morgan fingerprint density at radius 1 is 1.08 bits per heavy atom. The van der Waals surface area contributed by atoms with Crippen molar-refractivity contribution in [2.45, 2.75) is 19.4 Å². The Hall–Kier alpha value is -2.56. The van der Waals surface area contributed by atoms with Crippen molar-refractivity contribution in [2.24, 2.45) is 4.99 Å². The van der Waals surface area contributed by atoms with Crippen molar-refractivity contribution < 1.29 is 9.13 Å². The zero-order valence-corrected chi connectivity index (χ0v) is 14.1. The van der Waals surface area contributed by atoms with Crippen LogP contribution in [0.3, 0.4) is 0 Å². The molecule has 0 amide bonds. The molecule has 0 radical (unpaired) electrons. The maximum Gasteiger partial charge on any atom is 0.191 e. The predicted octanol–water partition coefficient (Wildman–Crippen LogP) is 3.00. The Labute approximate surface area is 142 Å². The number of halogens is 1. The molecule has 2 aromatic carbocycles. The Kier molecular flexibility index (Phi) is 7.08. The van der Waals surface area contributed by atoms with E-state index in [1.54, 1.807) is 19.2 Å². The van der Waals surface area contributed by atoms with Crippen LogP contribution in [0.5, 0.6) is 5.75 Å². The molecule has 1 atom stereocenters. The number of para-hydroxylation sites is 1. The summed E-state index contributed by atoms with van der Waals surface area (Å²) in [4.78, 5) is 4.19. The maximum atomic E-state index is 12.9. The van der Waals surface area contributed by atoms with Crippen molar-refractivity contribution in [3.63, 3.8) is 0 Å². The molecule has 2 N–H and O–H groups in total. The average molecular weight is 329 g/mol. The first-order valence-electron chi connectivity index (χ1n) is 8.08. The van der Waals surface area contributed by atoms with E-state index in [9.17, 15) is 4.39 Å². The lowest BCUT2D eigenvalue weighted by molar-refractivity contribution is 0.224. The fourth-order valence-corrected chi connectivity index (χ4v) is 2.21. The number of rotatable bonds is 7. The van der Waals surface area contributed by atoms with Crippen LogP contribution < -0.4 is 15.4 Å². The third-order valence-corrected chi connectivity index (χ3v) is 3.48. The zero-order chi connectivity index (χ0) is 17.2. The highest BCUT2D eigenvalue weighted by Gasteiger charge is 2.05. The number of hydrogen-bond acceptors (Lipinski definition) is 2. The number of aliphatic imine (C=N–C) groups is 1. The van der Waals surface area contributed by atoms with Crippen LogP contribution in [-0.4, -0.2) is 32.2 Å². The third kappa shape index (κ3) is 6.28. The summed E-state index contributed by atoms with van der Waals surface area (Å²) in [5.41, 5.74) is 1.08. The fourth-order valence-electron chi connectivity index (χ4n) is 2.21. The third-order valence-electron chi connectivity index (χ3n) is 3.48. The molecule has 24 heavy (non-hydrogen) atoms. The van der Waals surface area contributed by atoms with Gasteiger partial charge in [-0.05, 0) is 43.2 Å². The summed E-state index contributed by atoms with van der Waals surface area (Å²) >= 11 is 0. The van der Waals surface area contributed by atoms with Crippen LogP contribution in [-0.2, 0) is 6.42 Å². The molecular formula is C19H24FN3O. The van der Waals surface area contributed by atoms with Gasteiger partial charge in [-0.1, -0.05) is 30.3 Å². The zero-order valence-electron chi connectivity index (χ0n) is 14.1. The van der Waals surface area contributed by atoms with E-state index < -0.39 is 0 Å². The van der Waals surface area contributed by atoms with Gasteiger partial charge in [0.15, 0.2) is 5.96 Å². The summed E-state index contributed by atoms with van der Waals surface area (Å²) < 4.78 is 18.7. The van der Waals surface area contributed by atoms with Crippen LogP contribution in [0.2, 0.25) is 0 Å². The SMILES string of the molecule is CN=C(NCCc1ccc(F)cc1)NCC(C)Oc1ccccc1. The molecule has 0 aromatic heterocycles. The molecule has 4 nitrogen and oxygen atoms in total. The quantitative estimate of drug-likeness (QED) is 0.606. The lowest BCUT2D eigenvalue weighted by Gasteiger charge is -2.17. The highest BCUT2D eigenvalue weighted by molar-refractivity contribution is 5.79. The maximum absolute atomic E-state index is 12.9. The minimum atomic E-state index is -0.211. The smallest absolute Gasteiger partial charge is 0.191 e. The highest BCUT2D eigenvalue weighted by Crippen LogP contribution is 2.10. The minimum absolute atomic E-state index is 0.0167. The lowest BCUT2D eigenvalue weighted by Crippen LogP contribution is -2.42. The Balaban J connectivity index is 1.69. The monoisotopic (exact) mass is 329 g/mol. The number of guanidine groups is 1. The van der Waals surface area contributed by atoms with E-state index in [1.165, 1.54) is 12.1 Å². The first-order valence-corrected chi connectivity index (χ1v) is 8.08. The number of nitrogens with zero attached hydrogens (tertiary/aromatic N) is 1. The van der Waals surface area contributed by atoms with E-state index in [2.05, 4.69) is 15.6 Å². The van der Waals surface area contributed by atoms with Crippen molar-refractivity contribution in [3.05, 3.63) is 66.0 Å². The van der Waals surface area contributed by atoms with Crippen molar-refractivity contribution in [2.75, 3.05) is 20.1 Å². The summed E-state index contributed by atoms with van der Waals surface area (Å²) in [7, 11) is 1.73. The molecule has 0 fully saturated rings. The molecule has 2 rings (SSSR count). The minimum Gasteiger partial charge on any atom is -0.489 e. The second-order valence-corrected chi connectivity index (χ2v) is 5.50. The highest BCUT2D eigenvalue weighted by atomic mass is 19.1. The summed E-state index contributed by atoms with van der Waals surface area (Å²) in [6, 6.07) is 16.3. The summed E-state index contributed by atoms with van der Waals surface area (Å²) in [6.45, 7) is 3.37. The van der Waals surface area contributed by atoms with E-state index in [1.807, 2.05) is 37.3 Å². The normalized spacial score (nSPS) is 12.5. The lowest BCUT2D eigenvalue weighted by atomic mass is 10.1. The summed E-state index contributed by atoms with van der Waals surface area (Å²) in [5.74, 6) is 1.36. The average Bonchev–Trinajstić information content (AvgIpc) is 2.60. The van der Waals surface area contributed by atoms with Gasteiger partial charge in [0.2, 0.25) is 0 Å². The molecule has 0 aliphatic heterocycles. The molecule has 0 aliphatic carbocycles. The summed E-state index contributed by atoms with van der Waals surface area (Å²) in [6.07, 6.45) is 0.819. The fraction of sp³-hybridized carbons (Fsp3) is 0.316. The van der Waals surface area contributed by atoms with E-state index in [-0.39, 0.29) is 11.9 Å². The van der Waals surface area contributed by atoms with Crippen LogP contribution >= 0.6 is 0 Å². The van der Waals surface area contributed by atoms with Crippen molar-refractivity contribution >= 4 is 5.96 Å². The van der Waals surface area contributed by atoms with Gasteiger partial charge in [0.05, 0.1) is 6.54 Å². The second kappa shape index (κ2) is 9.55. The first kappa shape index (κ1) is 17.8. The van der Waals surface area contributed by atoms with Gasteiger partial charge in [-0.15, -0.1) is 0 Å². The molecule has 0 saturated carbocycles. The molecule has 0 spiro atoms. The molecule has 0 heterocycles. The topological polar surface area (TPSA) is 45.7 Å². The first-order chi connectivity index (χ1) is 11.7. The van der Waals surface area contributed by atoms with Crippen molar-refractivity contribution in [1.82, 2.24) is 10.6 Å². The van der Waals surface area contributed by atoms with Gasteiger partial charge in [0, 0.05) is 13.6 Å². The van der Waals surface area contributed by atoms with Gasteiger partial charge < -0.3 is 15.4 Å². The summed E-state index contributed by atoms with van der Waals surface area (Å²) in [5, 5.41) is 6.48. The number of nitrogens with one attached hydrogen (secondary N) is 2. The molecule has 2 aromatic rings. The van der Waals surface area contributed by atoms with Crippen molar-refractivity contribution in [3.8, 4) is 5.75 Å². The largest absolute Gasteiger partial charge is 0.489 e. The number of benzene rings is 2. The molecular weight excluding hydrogens is 305 g/mol. The van der Waals surface area contributed by atoms with Crippen LogP contribution in [0.1, 0.15) is 12.5 Å². The van der Waals surface area contributed by atoms with E-state index in [4.69, 9.17) is 4.74 Å². The van der Waals surface area contributed by atoms with Gasteiger partial charge in [0.25, 0.3) is 0 Å². The Morgan fingerprint density at radius 2 is 1.79 bits per heavy atom. The molecule has 0 saturated heterocycles. The molecule has 128 valence electrons. The molecule has 1 unspecified atom stereocenters. The molecule has 0 bridgehead atoms. The van der Waals surface area contributed by atoms with Gasteiger partial charge in [-0.25, -0.2) is 4.39 Å². The standard InChI is InChI=1S/C19H24FN3O/c1-15(24-18-6-4-3-5-7-18)14-23-19(21-2)22-13-12-16-8-10-17(20)11-9-16/h3-11,15H,12-14H2,1-2H3,(H2,21,22,23). The molecule has 0 aliphatic rings. The van der Waals surface area contributed by atoms with E-state index in [0.29, 0.717) is 6.54 Å². The van der Waals surface area contributed by atoms with Crippen LogP contribution in [0, 0.1) is 5.82 Å². The van der Waals surface area contributed by atoms with Gasteiger partial charge in [-0.3, -0.25) is 4.99 Å². The van der Waals surface area contributed by atoms with Gasteiger partial charge in [-0.2, -0.15) is 0 Å². The van der Waals surface area contributed by atoms with Gasteiger partial charge >= 0.3 is 0 Å². The second-order valence-electron chi connectivity index (χ2n) is 5.50. The number of hydrogen-bond donors (Lipinski definition) is 2. The van der Waals surface area contributed by atoms with E-state index in [0.717, 1.165) is 30.2 Å². The Morgan fingerprint density at radius 3 is 2.46 bits per heavy atom. The molecule has 5 heteroatoms. The van der Waals surface area contributed by atoms with Crippen LogP contribution in [0.15, 0.2) is 59.6 Å². The van der Waals surface area contributed by atoms with Crippen molar-refractivity contribution in [1.29, 1.82) is 0 Å². The Bertz CT molecular complexity index is 629. The number of ether oxygens (including phenoxy) is 1.